The lowest BCUT2D eigenvalue weighted by Gasteiger charge is -2.09. The Morgan fingerprint density at radius 1 is 1.10 bits per heavy atom. The van der Waals surface area contributed by atoms with Crippen molar-refractivity contribution >= 4 is 11.5 Å². The van der Waals surface area contributed by atoms with Crippen LogP contribution >= 0.6 is 0 Å². The lowest BCUT2D eigenvalue weighted by atomic mass is 9.97. The maximum Gasteiger partial charge on any atom is 0.195 e. The van der Waals surface area contributed by atoms with Crippen LogP contribution in [0.5, 0.6) is 0 Å². The summed E-state index contributed by atoms with van der Waals surface area (Å²) in [7, 11) is 0. The molecule has 0 aliphatic carbocycles. The molecule has 0 saturated carbocycles. The molecule has 0 spiro atoms. The predicted molar refractivity (Wildman–Crippen MR) is 84.0 cm³/mol. The second kappa shape index (κ2) is 5.91. The van der Waals surface area contributed by atoms with Gasteiger partial charge in [-0.3, -0.25) is 4.79 Å². The maximum absolute atomic E-state index is 12.5. The van der Waals surface area contributed by atoms with E-state index in [9.17, 15) is 4.79 Å². The monoisotopic (exact) mass is 267 g/mol. The molecule has 2 aromatic rings. The van der Waals surface area contributed by atoms with E-state index in [-0.39, 0.29) is 5.78 Å². The minimum Gasteiger partial charge on any atom is -0.398 e. The molecule has 20 heavy (non-hydrogen) atoms. The van der Waals surface area contributed by atoms with E-state index in [1.165, 1.54) is 5.56 Å². The van der Waals surface area contributed by atoms with Gasteiger partial charge in [0.25, 0.3) is 0 Å². The second-order valence-electron chi connectivity index (χ2n) is 5.66. The molecule has 0 aromatic heterocycles. The zero-order chi connectivity index (χ0) is 14.7. The van der Waals surface area contributed by atoms with Crippen molar-refractivity contribution in [3.05, 3.63) is 64.7 Å². The number of aryl methyl sites for hydroxylation is 1. The van der Waals surface area contributed by atoms with E-state index in [2.05, 4.69) is 13.8 Å². The van der Waals surface area contributed by atoms with E-state index in [1.807, 2.05) is 43.3 Å². The molecule has 2 N–H and O–H groups in total. The number of anilines is 1. The van der Waals surface area contributed by atoms with Gasteiger partial charge in [0.15, 0.2) is 5.78 Å². The largest absolute Gasteiger partial charge is 0.398 e. The summed E-state index contributed by atoms with van der Waals surface area (Å²) in [6.45, 7) is 6.29. The van der Waals surface area contributed by atoms with Gasteiger partial charge in [-0.1, -0.05) is 50.2 Å². The third-order valence-electron chi connectivity index (χ3n) is 3.43. The molecule has 0 aliphatic heterocycles. The molecule has 2 aromatic carbocycles. The third kappa shape index (κ3) is 3.08. The summed E-state index contributed by atoms with van der Waals surface area (Å²) >= 11 is 0. The van der Waals surface area contributed by atoms with Crippen LogP contribution in [0.3, 0.4) is 0 Å². The molecular formula is C18H21NO. The Balaban J connectivity index is 2.27. The van der Waals surface area contributed by atoms with Gasteiger partial charge in [-0.2, -0.15) is 0 Å². The molecule has 104 valence electrons. The Hall–Kier alpha value is -2.09. The highest BCUT2D eigenvalue weighted by Gasteiger charge is 2.13. The number of ketones is 1. The fraction of sp³-hybridized carbons (Fsp3) is 0.278. The normalized spacial score (nSPS) is 10.8. The molecule has 0 bridgehead atoms. The Morgan fingerprint density at radius 3 is 2.35 bits per heavy atom. The zero-order valence-corrected chi connectivity index (χ0v) is 12.3. The molecule has 2 heteroatoms. The van der Waals surface area contributed by atoms with Crippen molar-refractivity contribution in [1.29, 1.82) is 0 Å². The van der Waals surface area contributed by atoms with Gasteiger partial charge < -0.3 is 5.73 Å². The van der Waals surface area contributed by atoms with Gasteiger partial charge in [0.05, 0.1) is 0 Å². The number of nitrogen functional groups attached to an aromatic ring is 1. The molecule has 0 fully saturated rings. The van der Waals surface area contributed by atoms with Crippen LogP contribution < -0.4 is 5.73 Å². The first-order chi connectivity index (χ1) is 9.49. The summed E-state index contributed by atoms with van der Waals surface area (Å²) in [6.07, 6.45) is 1.03. The standard InChI is InChI=1S/C18H21NO/c1-12(2)11-14-7-9-15(10-8-14)18(20)16-6-4-5-13(3)17(16)19/h4-10,12H,11,19H2,1-3H3. The Labute approximate surface area is 120 Å². The molecule has 0 amide bonds. The topological polar surface area (TPSA) is 43.1 Å². The van der Waals surface area contributed by atoms with E-state index < -0.39 is 0 Å². The van der Waals surface area contributed by atoms with E-state index in [1.54, 1.807) is 6.07 Å². The van der Waals surface area contributed by atoms with E-state index >= 15 is 0 Å². The van der Waals surface area contributed by atoms with Crippen LogP contribution in [-0.4, -0.2) is 5.78 Å². The lowest BCUT2D eigenvalue weighted by molar-refractivity contribution is 0.103. The Kier molecular flexibility index (Phi) is 4.23. The highest BCUT2D eigenvalue weighted by Crippen LogP contribution is 2.20. The average Bonchev–Trinajstić information content (AvgIpc) is 2.41. The number of benzene rings is 2. The Bertz CT molecular complexity index is 612. The predicted octanol–water partition coefficient (Wildman–Crippen LogP) is 4.01. The fourth-order valence-corrected chi connectivity index (χ4v) is 2.30. The van der Waals surface area contributed by atoms with Crippen molar-refractivity contribution < 1.29 is 4.79 Å². The molecule has 2 rings (SSSR count). The average molecular weight is 267 g/mol. The molecule has 2 nitrogen and oxygen atoms in total. The number of nitrogens with two attached hydrogens (primary N) is 1. The molecule has 0 unspecified atom stereocenters. The third-order valence-corrected chi connectivity index (χ3v) is 3.43. The summed E-state index contributed by atoms with van der Waals surface area (Å²) in [6, 6.07) is 13.4. The molecule has 0 aliphatic rings. The van der Waals surface area contributed by atoms with Crippen LogP contribution in [0.25, 0.3) is 0 Å². The minimum atomic E-state index is -0.0118. The van der Waals surface area contributed by atoms with Gasteiger partial charge >= 0.3 is 0 Å². The van der Waals surface area contributed by atoms with Gasteiger partial charge in [0.2, 0.25) is 0 Å². The Morgan fingerprint density at radius 2 is 1.75 bits per heavy atom. The van der Waals surface area contributed by atoms with Crippen LogP contribution in [0, 0.1) is 12.8 Å². The van der Waals surface area contributed by atoms with Crippen LogP contribution in [0.15, 0.2) is 42.5 Å². The highest BCUT2D eigenvalue weighted by molar-refractivity contribution is 6.12. The number of rotatable bonds is 4. The fourth-order valence-electron chi connectivity index (χ4n) is 2.30. The van der Waals surface area contributed by atoms with Crippen molar-refractivity contribution in [1.82, 2.24) is 0 Å². The van der Waals surface area contributed by atoms with Crippen molar-refractivity contribution in [2.24, 2.45) is 5.92 Å². The smallest absolute Gasteiger partial charge is 0.195 e. The van der Waals surface area contributed by atoms with Crippen LogP contribution in [0.2, 0.25) is 0 Å². The van der Waals surface area contributed by atoms with Gasteiger partial charge in [-0.25, -0.2) is 0 Å². The van der Waals surface area contributed by atoms with Gasteiger partial charge in [0, 0.05) is 16.8 Å². The van der Waals surface area contributed by atoms with Crippen LogP contribution in [0.4, 0.5) is 5.69 Å². The van der Waals surface area contributed by atoms with Crippen molar-refractivity contribution in [3.8, 4) is 0 Å². The SMILES string of the molecule is Cc1cccc(C(=O)c2ccc(CC(C)C)cc2)c1N. The van der Waals surface area contributed by atoms with Gasteiger partial charge in [0.1, 0.15) is 0 Å². The highest BCUT2D eigenvalue weighted by atomic mass is 16.1. The van der Waals surface area contributed by atoms with Gasteiger partial charge in [-0.15, -0.1) is 0 Å². The van der Waals surface area contributed by atoms with Crippen molar-refractivity contribution in [3.63, 3.8) is 0 Å². The van der Waals surface area contributed by atoms with Crippen molar-refractivity contribution in [2.75, 3.05) is 5.73 Å². The lowest BCUT2D eigenvalue weighted by Crippen LogP contribution is -2.06. The zero-order valence-electron chi connectivity index (χ0n) is 12.3. The van der Waals surface area contributed by atoms with E-state index in [0.717, 1.165) is 12.0 Å². The molecule has 0 heterocycles. The first-order valence-electron chi connectivity index (χ1n) is 6.97. The molecule has 0 atom stereocenters. The van der Waals surface area contributed by atoms with E-state index in [4.69, 9.17) is 5.73 Å². The summed E-state index contributed by atoms with van der Waals surface area (Å²) in [5.41, 5.74) is 10.0. The first kappa shape index (κ1) is 14.3. The number of carbonyl (C=O) groups is 1. The minimum absolute atomic E-state index is 0.0118. The van der Waals surface area contributed by atoms with Crippen molar-refractivity contribution in [2.45, 2.75) is 27.2 Å². The number of para-hydroxylation sites is 1. The van der Waals surface area contributed by atoms with Crippen LogP contribution in [0.1, 0.15) is 40.9 Å². The molecule has 0 saturated heterocycles. The quantitative estimate of drug-likeness (QED) is 0.672. The molecule has 0 radical (unpaired) electrons. The molecular weight excluding hydrogens is 246 g/mol. The number of carbonyl (C=O) groups excluding carboxylic acids is 1. The maximum atomic E-state index is 12.5. The summed E-state index contributed by atoms with van der Waals surface area (Å²) in [4.78, 5) is 12.5. The van der Waals surface area contributed by atoms with E-state index in [0.29, 0.717) is 22.7 Å². The van der Waals surface area contributed by atoms with Gasteiger partial charge in [-0.05, 0) is 36.5 Å². The second-order valence-corrected chi connectivity index (χ2v) is 5.66. The first-order valence-corrected chi connectivity index (χ1v) is 6.97. The summed E-state index contributed by atoms with van der Waals surface area (Å²) in [5, 5.41) is 0. The van der Waals surface area contributed by atoms with Crippen LogP contribution in [-0.2, 0) is 6.42 Å². The summed E-state index contributed by atoms with van der Waals surface area (Å²) in [5.74, 6) is 0.603. The number of hydrogen-bond donors (Lipinski definition) is 1. The number of hydrogen-bond acceptors (Lipinski definition) is 2. The summed E-state index contributed by atoms with van der Waals surface area (Å²) < 4.78 is 0.